The summed E-state index contributed by atoms with van der Waals surface area (Å²) in [5.74, 6) is -0.267. The molecule has 108 valence electrons. The number of nitrogens with one attached hydrogen (secondary N) is 1. The lowest BCUT2D eigenvalue weighted by molar-refractivity contribution is -0.384. The molecule has 1 N–H and O–H groups in total. The van der Waals surface area contributed by atoms with Gasteiger partial charge >= 0.3 is 0 Å². The second kappa shape index (κ2) is 6.45. The summed E-state index contributed by atoms with van der Waals surface area (Å²) in [5.41, 5.74) is 0.166. The lowest BCUT2D eigenvalue weighted by Crippen LogP contribution is -2.33. The summed E-state index contributed by atoms with van der Waals surface area (Å²) in [5, 5.41) is 14.3. The minimum Gasteiger partial charge on any atom is -0.349 e. The van der Waals surface area contributed by atoms with Crippen LogP contribution in [0.1, 0.15) is 29.6 Å². The number of carbonyl (C=O) groups is 1. The van der Waals surface area contributed by atoms with E-state index in [9.17, 15) is 14.9 Å². The van der Waals surface area contributed by atoms with E-state index < -0.39 is 4.92 Å². The first-order chi connectivity index (χ1) is 9.51. The minimum atomic E-state index is -0.534. The van der Waals surface area contributed by atoms with Crippen molar-refractivity contribution in [2.75, 3.05) is 6.26 Å². The van der Waals surface area contributed by atoms with Crippen LogP contribution in [-0.2, 0) is 0 Å². The van der Waals surface area contributed by atoms with Gasteiger partial charge in [-0.3, -0.25) is 14.9 Å². The van der Waals surface area contributed by atoms with Crippen LogP contribution in [0.3, 0.4) is 0 Å². The molecule has 0 radical (unpaired) electrons. The van der Waals surface area contributed by atoms with Crippen molar-refractivity contribution in [3.8, 4) is 0 Å². The van der Waals surface area contributed by atoms with Crippen molar-refractivity contribution in [2.45, 2.75) is 30.6 Å². The number of hydrogen-bond donors (Lipinski definition) is 1. The van der Waals surface area contributed by atoms with Gasteiger partial charge in [0.2, 0.25) is 0 Å². The molecule has 20 heavy (non-hydrogen) atoms. The second-order valence-corrected chi connectivity index (χ2v) is 6.31. The maximum Gasteiger partial charge on any atom is 0.270 e. The van der Waals surface area contributed by atoms with E-state index >= 15 is 0 Å². The van der Waals surface area contributed by atoms with Gasteiger partial charge in [-0.1, -0.05) is 11.6 Å². The molecule has 2 rings (SSSR count). The number of carbonyl (C=O) groups excluding carboxylic acids is 1. The quantitative estimate of drug-likeness (QED) is 0.684. The van der Waals surface area contributed by atoms with Crippen LogP contribution in [0.15, 0.2) is 18.2 Å². The van der Waals surface area contributed by atoms with Gasteiger partial charge in [-0.15, -0.1) is 0 Å². The predicted octanol–water partition coefficient (Wildman–Crippen LogP) is 3.26. The summed E-state index contributed by atoms with van der Waals surface area (Å²) in [7, 11) is 0. The minimum absolute atomic E-state index is 0.108. The molecular weight excluding hydrogens is 300 g/mol. The van der Waals surface area contributed by atoms with Crippen LogP contribution < -0.4 is 5.32 Å². The summed E-state index contributed by atoms with van der Waals surface area (Å²) < 4.78 is 0. The molecule has 1 aliphatic rings. The van der Waals surface area contributed by atoms with Crippen molar-refractivity contribution in [1.29, 1.82) is 0 Å². The summed E-state index contributed by atoms with van der Waals surface area (Å²) in [6.07, 6.45) is 5.08. The highest BCUT2D eigenvalue weighted by atomic mass is 35.5. The fourth-order valence-corrected chi connectivity index (χ4v) is 3.41. The molecule has 0 aliphatic heterocycles. The molecular formula is C13H15ClN2O3S. The SMILES string of the molecule is CSC1CCC(NC(=O)c2ccc([N+](=O)[O-])cc2Cl)C1. The first kappa shape index (κ1) is 15.1. The maximum atomic E-state index is 12.1. The largest absolute Gasteiger partial charge is 0.349 e. The van der Waals surface area contributed by atoms with E-state index in [2.05, 4.69) is 11.6 Å². The van der Waals surface area contributed by atoms with Crippen molar-refractivity contribution < 1.29 is 9.72 Å². The Balaban J connectivity index is 2.04. The van der Waals surface area contributed by atoms with E-state index in [0.29, 0.717) is 5.25 Å². The van der Waals surface area contributed by atoms with E-state index in [1.54, 1.807) is 0 Å². The fraction of sp³-hybridized carbons (Fsp3) is 0.462. The Hall–Kier alpha value is -1.27. The highest BCUT2D eigenvalue weighted by Gasteiger charge is 2.26. The first-order valence-corrected chi connectivity index (χ1v) is 7.95. The first-order valence-electron chi connectivity index (χ1n) is 6.29. The molecule has 2 atom stereocenters. The molecule has 1 saturated carbocycles. The van der Waals surface area contributed by atoms with E-state index in [4.69, 9.17) is 11.6 Å². The number of benzene rings is 1. The topological polar surface area (TPSA) is 72.2 Å². The fourth-order valence-electron chi connectivity index (χ4n) is 2.35. The van der Waals surface area contributed by atoms with Crippen molar-refractivity contribution in [2.24, 2.45) is 0 Å². The van der Waals surface area contributed by atoms with Crippen LogP contribution in [0, 0.1) is 10.1 Å². The van der Waals surface area contributed by atoms with E-state index in [-0.39, 0.29) is 28.2 Å². The molecule has 1 aliphatic carbocycles. The number of nitro groups is 1. The Morgan fingerprint density at radius 1 is 1.50 bits per heavy atom. The number of nitro benzene ring substituents is 1. The Morgan fingerprint density at radius 2 is 2.25 bits per heavy atom. The van der Waals surface area contributed by atoms with Crippen molar-refractivity contribution >= 4 is 35.0 Å². The van der Waals surface area contributed by atoms with Crippen LogP contribution >= 0.6 is 23.4 Å². The molecule has 1 amide bonds. The Kier molecular flexibility index (Phi) is 4.88. The monoisotopic (exact) mass is 314 g/mol. The standard InChI is InChI=1S/C13H15ClN2O3S/c1-20-10-4-2-8(6-10)15-13(17)11-5-3-9(16(18)19)7-12(11)14/h3,5,7-8,10H,2,4,6H2,1H3,(H,15,17). The molecule has 0 bridgehead atoms. The van der Waals surface area contributed by atoms with E-state index in [1.807, 2.05) is 11.8 Å². The number of thioether (sulfide) groups is 1. The molecule has 0 heterocycles. The van der Waals surface area contributed by atoms with Crippen molar-refractivity contribution in [3.05, 3.63) is 38.9 Å². The van der Waals surface area contributed by atoms with Gasteiger partial charge in [0.25, 0.3) is 11.6 Å². The van der Waals surface area contributed by atoms with Gasteiger partial charge < -0.3 is 5.32 Å². The van der Waals surface area contributed by atoms with Crippen LogP contribution in [0.25, 0.3) is 0 Å². The van der Waals surface area contributed by atoms with Crippen molar-refractivity contribution in [1.82, 2.24) is 5.32 Å². The van der Waals surface area contributed by atoms with Gasteiger partial charge in [0.15, 0.2) is 0 Å². The summed E-state index contributed by atoms with van der Waals surface area (Å²) in [6.45, 7) is 0. The summed E-state index contributed by atoms with van der Waals surface area (Å²) in [6, 6.07) is 4.05. The van der Waals surface area contributed by atoms with Gasteiger partial charge in [-0.25, -0.2) is 0 Å². The normalized spacial score (nSPS) is 21.7. The predicted molar refractivity (Wildman–Crippen MR) is 80.5 cm³/mol. The maximum absolute atomic E-state index is 12.1. The second-order valence-electron chi connectivity index (χ2n) is 4.76. The number of halogens is 1. The molecule has 1 fully saturated rings. The van der Waals surface area contributed by atoms with E-state index in [0.717, 1.165) is 19.3 Å². The van der Waals surface area contributed by atoms with Gasteiger partial charge in [0.1, 0.15) is 0 Å². The molecule has 2 unspecified atom stereocenters. The molecule has 0 spiro atoms. The number of amides is 1. The van der Waals surface area contributed by atoms with Crippen LogP contribution in [0.5, 0.6) is 0 Å². The Labute approximate surface area is 126 Å². The summed E-state index contributed by atoms with van der Waals surface area (Å²) >= 11 is 7.76. The average Bonchev–Trinajstić information content (AvgIpc) is 2.85. The third-order valence-corrected chi connectivity index (χ3v) is 4.87. The highest BCUT2D eigenvalue weighted by molar-refractivity contribution is 7.99. The number of rotatable bonds is 4. The van der Waals surface area contributed by atoms with Gasteiger partial charge in [-0.05, 0) is 31.6 Å². The number of hydrogen-bond acceptors (Lipinski definition) is 4. The van der Waals surface area contributed by atoms with Crippen LogP contribution in [-0.4, -0.2) is 28.4 Å². The molecule has 1 aromatic carbocycles. The Bertz CT molecular complexity index is 538. The lowest BCUT2D eigenvalue weighted by atomic mass is 10.1. The smallest absolute Gasteiger partial charge is 0.270 e. The molecule has 0 aromatic heterocycles. The molecule has 7 heteroatoms. The van der Waals surface area contributed by atoms with Crippen molar-refractivity contribution in [3.63, 3.8) is 0 Å². The highest BCUT2D eigenvalue weighted by Crippen LogP contribution is 2.29. The third kappa shape index (κ3) is 3.43. The van der Waals surface area contributed by atoms with Crippen LogP contribution in [0.2, 0.25) is 5.02 Å². The van der Waals surface area contributed by atoms with Gasteiger partial charge in [0.05, 0.1) is 15.5 Å². The van der Waals surface area contributed by atoms with Crippen LogP contribution in [0.4, 0.5) is 5.69 Å². The lowest BCUT2D eigenvalue weighted by Gasteiger charge is -2.13. The number of nitrogens with zero attached hydrogens (tertiary/aromatic N) is 1. The number of non-ortho nitro benzene ring substituents is 1. The van der Waals surface area contributed by atoms with E-state index in [1.165, 1.54) is 18.2 Å². The molecule has 0 saturated heterocycles. The van der Waals surface area contributed by atoms with Gasteiger partial charge in [0, 0.05) is 23.4 Å². The zero-order chi connectivity index (χ0) is 14.7. The Morgan fingerprint density at radius 3 is 2.80 bits per heavy atom. The zero-order valence-electron chi connectivity index (χ0n) is 11.0. The molecule has 1 aromatic rings. The third-order valence-electron chi connectivity index (χ3n) is 3.46. The van der Waals surface area contributed by atoms with Gasteiger partial charge in [-0.2, -0.15) is 11.8 Å². The summed E-state index contributed by atoms with van der Waals surface area (Å²) in [4.78, 5) is 22.2. The molecule has 5 nitrogen and oxygen atoms in total. The zero-order valence-corrected chi connectivity index (χ0v) is 12.5. The average molecular weight is 315 g/mol.